The number of hydrogen-bond donors (Lipinski definition) is 1. The molecule has 0 saturated carbocycles. The van der Waals surface area contributed by atoms with E-state index in [1.807, 2.05) is 24.3 Å². The largest absolute Gasteiger partial charge is 0.380 e. The van der Waals surface area contributed by atoms with Crippen molar-refractivity contribution in [2.45, 2.75) is 25.8 Å². The van der Waals surface area contributed by atoms with Gasteiger partial charge >= 0.3 is 0 Å². The molecule has 0 fully saturated rings. The molecule has 2 rings (SSSR count). The zero-order valence-corrected chi connectivity index (χ0v) is 12.5. The van der Waals surface area contributed by atoms with E-state index in [9.17, 15) is 4.39 Å². The van der Waals surface area contributed by atoms with E-state index in [1.54, 1.807) is 6.07 Å². The van der Waals surface area contributed by atoms with Crippen molar-refractivity contribution in [2.24, 2.45) is 0 Å². The van der Waals surface area contributed by atoms with Crippen LogP contribution in [0.4, 0.5) is 10.1 Å². The first-order chi connectivity index (χ1) is 9.15. The van der Waals surface area contributed by atoms with Crippen molar-refractivity contribution < 1.29 is 4.39 Å². The minimum Gasteiger partial charge on any atom is -0.380 e. The lowest BCUT2D eigenvalue weighted by molar-refractivity contribution is 0.621. The normalized spacial score (nSPS) is 12.2. The second-order valence-corrected chi connectivity index (χ2v) is 5.61. The molecule has 1 unspecified atom stereocenters. The van der Waals surface area contributed by atoms with Crippen molar-refractivity contribution in [3.63, 3.8) is 0 Å². The molecule has 0 radical (unpaired) electrons. The minimum atomic E-state index is -0.221. The Kier molecular flexibility index (Phi) is 4.97. The predicted octanol–water partition coefficient (Wildman–Crippen LogP) is 5.02. The highest BCUT2D eigenvalue weighted by Gasteiger charge is 2.07. The fourth-order valence-electron chi connectivity index (χ4n) is 1.97. The summed E-state index contributed by atoms with van der Waals surface area (Å²) in [5.41, 5.74) is 1.87. The Hall–Kier alpha value is -1.35. The number of nitrogens with one attached hydrogen (secondary N) is 1. The first kappa shape index (κ1) is 14.1. The number of halogens is 2. The van der Waals surface area contributed by atoms with Crippen molar-refractivity contribution in [1.82, 2.24) is 0 Å². The van der Waals surface area contributed by atoms with Crippen molar-refractivity contribution in [3.8, 4) is 0 Å². The molecule has 19 heavy (non-hydrogen) atoms. The molecular weight excluding hydrogens is 305 g/mol. The van der Waals surface area contributed by atoms with E-state index in [0.29, 0.717) is 5.69 Å². The average Bonchev–Trinajstić information content (AvgIpc) is 2.41. The molecule has 2 aromatic rings. The maximum Gasteiger partial charge on any atom is 0.147 e. The van der Waals surface area contributed by atoms with E-state index < -0.39 is 0 Å². The Balaban J connectivity index is 1.89. The van der Waals surface area contributed by atoms with Gasteiger partial charge in [0.1, 0.15) is 5.82 Å². The van der Waals surface area contributed by atoms with E-state index in [4.69, 9.17) is 0 Å². The van der Waals surface area contributed by atoms with Crippen molar-refractivity contribution >= 4 is 21.6 Å². The summed E-state index contributed by atoms with van der Waals surface area (Å²) < 4.78 is 14.4. The third kappa shape index (κ3) is 4.35. The molecule has 0 aliphatic rings. The molecule has 0 heterocycles. The van der Waals surface area contributed by atoms with Crippen LogP contribution < -0.4 is 5.32 Å². The molecule has 100 valence electrons. The van der Waals surface area contributed by atoms with Gasteiger partial charge in [-0.2, -0.15) is 0 Å². The van der Waals surface area contributed by atoms with E-state index >= 15 is 0 Å². The fourth-order valence-corrected chi connectivity index (χ4v) is 2.31. The van der Waals surface area contributed by atoms with E-state index in [1.165, 1.54) is 11.6 Å². The first-order valence-corrected chi connectivity index (χ1v) is 7.20. The maximum atomic E-state index is 13.7. The van der Waals surface area contributed by atoms with Crippen LogP contribution in [0, 0.1) is 5.82 Å². The monoisotopic (exact) mass is 321 g/mol. The molecule has 0 bridgehead atoms. The third-order valence-electron chi connectivity index (χ3n) is 3.04. The molecule has 0 aliphatic carbocycles. The molecule has 0 saturated heterocycles. The quantitative estimate of drug-likeness (QED) is 0.815. The molecular formula is C16H17BrFN. The lowest BCUT2D eigenvalue weighted by Crippen LogP contribution is -2.16. The molecule has 1 atom stereocenters. The molecule has 0 spiro atoms. The fraction of sp³-hybridized carbons (Fsp3) is 0.250. The number of rotatable bonds is 5. The van der Waals surface area contributed by atoms with E-state index in [2.05, 4.69) is 40.3 Å². The van der Waals surface area contributed by atoms with Gasteiger partial charge in [-0.25, -0.2) is 4.39 Å². The molecule has 0 aromatic heterocycles. The summed E-state index contributed by atoms with van der Waals surface area (Å²) >= 11 is 3.26. The average molecular weight is 322 g/mol. The third-order valence-corrected chi connectivity index (χ3v) is 3.54. The summed E-state index contributed by atoms with van der Waals surface area (Å²) in [7, 11) is 0. The van der Waals surface area contributed by atoms with Crippen molar-refractivity contribution in [3.05, 3.63) is 64.4 Å². The molecule has 0 amide bonds. The molecule has 1 N–H and O–H groups in total. The Morgan fingerprint density at radius 3 is 2.58 bits per heavy atom. The zero-order chi connectivity index (χ0) is 13.7. The summed E-state index contributed by atoms with van der Waals surface area (Å²) in [5.74, 6) is -0.221. The SMILES string of the molecule is CC(CCc1ccccc1)Nc1ccc(Br)cc1F. The summed E-state index contributed by atoms with van der Waals surface area (Å²) in [6.45, 7) is 2.07. The Morgan fingerprint density at radius 2 is 1.89 bits per heavy atom. The topological polar surface area (TPSA) is 12.0 Å². The summed E-state index contributed by atoms with van der Waals surface area (Å²) in [4.78, 5) is 0. The molecule has 2 aromatic carbocycles. The van der Waals surface area contributed by atoms with E-state index in [0.717, 1.165) is 17.3 Å². The number of aryl methyl sites for hydroxylation is 1. The van der Waals surface area contributed by atoms with Gasteiger partial charge in [-0.05, 0) is 43.5 Å². The van der Waals surface area contributed by atoms with Gasteiger partial charge < -0.3 is 5.32 Å². The Morgan fingerprint density at radius 1 is 1.16 bits per heavy atom. The van der Waals surface area contributed by atoms with Gasteiger partial charge in [-0.15, -0.1) is 0 Å². The highest BCUT2D eigenvalue weighted by Crippen LogP contribution is 2.20. The van der Waals surface area contributed by atoms with Crippen molar-refractivity contribution in [1.29, 1.82) is 0 Å². The van der Waals surface area contributed by atoms with Gasteiger partial charge in [0, 0.05) is 10.5 Å². The summed E-state index contributed by atoms with van der Waals surface area (Å²) in [6.07, 6.45) is 1.96. The van der Waals surface area contributed by atoms with Crippen LogP contribution in [0.3, 0.4) is 0 Å². The zero-order valence-electron chi connectivity index (χ0n) is 10.9. The van der Waals surface area contributed by atoms with Crippen LogP contribution >= 0.6 is 15.9 Å². The van der Waals surface area contributed by atoms with Gasteiger partial charge in [0.05, 0.1) is 5.69 Å². The van der Waals surface area contributed by atoms with Crippen LogP contribution in [-0.4, -0.2) is 6.04 Å². The van der Waals surface area contributed by atoms with Gasteiger partial charge in [0.2, 0.25) is 0 Å². The van der Waals surface area contributed by atoms with Gasteiger partial charge in [-0.3, -0.25) is 0 Å². The van der Waals surface area contributed by atoms with Gasteiger partial charge in [0.25, 0.3) is 0 Å². The maximum absolute atomic E-state index is 13.7. The van der Waals surface area contributed by atoms with Crippen LogP contribution in [0.15, 0.2) is 53.0 Å². The first-order valence-electron chi connectivity index (χ1n) is 6.40. The van der Waals surface area contributed by atoms with Crippen LogP contribution in [0.2, 0.25) is 0 Å². The highest BCUT2D eigenvalue weighted by atomic mass is 79.9. The lowest BCUT2D eigenvalue weighted by atomic mass is 10.1. The Bertz CT molecular complexity index is 528. The number of anilines is 1. The van der Waals surface area contributed by atoms with Crippen LogP contribution in [0.1, 0.15) is 18.9 Å². The second-order valence-electron chi connectivity index (χ2n) is 4.69. The number of benzene rings is 2. The standard InChI is InChI=1S/C16H17BrFN/c1-12(7-8-13-5-3-2-4-6-13)19-16-10-9-14(17)11-15(16)18/h2-6,9-12,19H,7-8H2,1H3. The van der Waals surface area contributed by atoms with Crippen LogP contribution in [-0.2, 0) is 6.42 Å². The van der Waals surface area contributed by atoms with Crippen LogP contribution in [0.25, 0.3) is 0 Å². The highest BCUT2D eigenvalue weighted by molar-refractivity contribution is 9.10. The summed E-state index contributed by atoms with van der Waals surface area (Å²) in [6, 6.07) is 15.7. The van der Waals surface area contributed by atoms with E-state index in [-0.39, 0.29) is 11.9 Å². The Labute approximate surface area is 122 Å². The number of hydrogen-bond acceptors (Lipinski definition) is 1. The smallest absolute Gasteiger partial charge is 0.147 e. The van der Waals surface area contributed by atoms with Gasteiger partial charge in [0.15, 0.2) is 0 Å². The lowest BCUT2D eigenvalue weighted by Gasteiger charge is -2.16. The van der Waals surface area contributed by atoms with Crippen LogP contribution in [0.5, 0.6) is 0 Å². The van der Waals surface area contributed by atoms with Crippen molar-refractivity contribution in [2.75, 3.05) is 5.32 Å². The second kappa shape index (κ2) is 6.71. The predicted molar refractivity (Wildman–Crippen MR) is 81.9 cm³/mol. The summed E-state index contributed by atoms with van der Waals surface area (Å²) in [5, 5.41) is 3.21. The molecule has 3 heteroatoms. The van der Waals surface area contributed by atoms with Gasteiger partial charge in [-0.1, -0.05) is 46.3 Å². The molecule has 1 nitrogen and oxygen atoms in total. The minimum absolute atomic E-state index is 0.221. The molecule has 0 aliphatic heterocycles.